The van der Waals surface area contributed by atoms with Gasteiger partial charge in [-0.1, -0.05) is 6.07 Å². The summed E-state index contributed by atoms with van der Waals surface area (Å²) in [6.45, 7) is 2.52. The third-order valence-electron chi connectivity index (χ3n) is 2.57. The van der Waals surface area contributed by atoms with Crippen LogP contribution in [0, 0.1) is 0 Å². The van der Waals surface area contributed by atoms with E-state index >= 15 is 0 Å². The Bertz CT molecular complexity index is 471. The Kier molecular flexibility index (Phi) is 3.84. The van der Waals surface area contributed by atoms with Crippen molar-refractivity contribution in [3.63, 3.8) is 0 Å². The van der Waals surface area contributed by atoms with Crippen LogP contribution in [-0.4, -0.2) is 25.3 Å². The molecule has 1 aromatic carbocycles. The van der Waals surface area contributed by atoms with E-state index in [4.69, 9.17) is 15.2 Å². The number of rotatable bonds is 4. The summed E-state index contributed by atoms with van der Waals surface area (Å²) in [7, 11) is 0. The molecule has 0 bridgehead atoms. The number of benzene rings is 1. The van der Waals surface area contributed by atoms with Gasteiger partial charge in [-0.2, -0.15) is 0 Å². The van der Waals surface area contributed by atoms with Crippen LogP contribution in [0.5, 0.6) is 11.5 Å². The molecular formula is C13H16N2O3. The quantitative estimate of drug-likeness (QED) is 0.776. The predicted octanol–water partition coefficient (Wildman–Crippen LogP) is 0.892. The predicted molar refractivity (Wildman–Crippen MR) is 68.3 cm³/mol. The van der Waals surface area contributed by atoms with Gasteiger partial charge in [0.25, 0.3) is 0 Å². The van der Waals surface area contributed by atoms with Crippen LogP contribution in [0.4, 0.5) is 0 Å². The highest BCUT2D eigenvalue weighted by Gasteiger charge is 2.12. The van der Waals surface area contributed by atoms with E-state index in [0.717, 1.165) is 11.3 Å². The van der Waals surface area contributed by atoms with Crippen LogP contribution in [0.3, 0.4) is 0 Å². The average molecular weight is 248 g/mol. The average Bonchev–Trinajstić information content (AvgIpc) is 2.83. The number of nitrogens with one attached hydrogen (secondary N) is 1. The van der Waals surface area contributed by atoms with E-state index < -0.39 is 0 Å². The summed E-state index contributed by atoms with van der Waals surface area (Å²) in [5.74, 6) is 1.27. The highest BCUT2D eigenvalue weighted by molar-refractivity contribution is 5.92. The molecule has 96 valence electrons. The van der Waals surface area contributed by atoms with Crippen LogP contribution >= 0.6 is 0 Å². The van der Waals surface area contributed by atoms with E-state index in [0.29, 0.717) is 12.3 Å². The number of carbonyl (C=O) groups is 1. The highest BCUT2D eigenvalue weighted by atomic mass is 16.7. The van der Waals surface area contributed by atoms with Gasteiger partial charge in [0, 0.05) is 18.7 Å². The van der Waals surface area contributed by atoms with E-state index in [1.54, 1.807) is 6.08 Å². The van der Waals surface area contributed by atoms with Gasteiger partial charge >= 0.3 is 0 Å². The fourth-order valence-electron chi connectivity index (χ4n) is 1.54. The summed E-state index contributed by atoms with van der Waals surface area (Å²) in [5.41, 5.74) is 6.30. The molecule has 1 heterocycles. The Morgan fingerprint density at radius 3 is 3.06 bits per heavy atom. The van der Waals surface area contributed by atoms with Crippen molar-refractivity contribution in [2.24, 2.45) is 5.73 Å². The Morgan fingerprint density at radius 1 is 1.50 bits per heavy atom. The summed E-state index contributed by atoms with van der Waals surface area (Å²) < 4.78 is 10.5. The van der Waals surface area contributed by atoms with E-state index in [1.807, 2.05) is 25.1 Å². The summed E-state index contributed by atoms with van der Waals surface area (Å²) in [6.07, 6.45) is 3.20. The molecule has 5 nitrogen and oxygen atoms in total. The number of amides is 1. The van der Waals surface area contributed by atoms with E-state index in [-0.39, 0.29) is 18.7 Å². The van der Waals surface area contributed by atoms with Gasteiger partial charge in [0.05, 0.1) is 0 Å². The van der Waals surface area contributed by atoms with Gasteiger partial charge in [-0.05, 0) is 30.7 Å². The van der Waals surface area contributed by atoms with Crippen molar-refractivity contribution in [3.8, 4) is 11.5 Å². The topological polar surface area (TPSA) is 73.6 Å². The molecule has 1 atom stereocenters. The van der Waals surface area contributed by atoms with Crippen LogP contribution < -0.4 is 20.5 Å². The fraction of sp³-hybridized carbons (Fsp3) is 0.308. The third kappa shape index (κ3) is 3.01. The van der Waals surface area contributed by atoms with Crippen molar-refractivity contribution < 1.29 is 14.3 Å². The standard InChI is InChI=1S/C13H16N2O3/c1-9(7-14)15-13(16)5-3-10-2-4-11-12(6-10)18-8-17-11/h2-6,9H,7-8,14H2,1H3,(H,15,16). The van der Waals surface area contributed by atoms with Gasteiger partial charge in [-0.3, -0.25) is 4.79 Å². The Hall–Kier alpha value is -2.01. The summed E-state index contributed by atoms with van der Waals surface area (Å²) in [4.78, 5) is 11.5. The lowest BCUT2D eigenvalue weighted by molar-refractivity contribution is -0.116. The minimum atomic E-state index is -0.161. The van der Waals surface area contributed by atoms with Gasteiger partial charge < -0.3 is 20.5 Å². The molecule has 1 unspecified atom stereocenters. The summed E-state index contributed by atoms with van der Waals surface area (Å²) in [5, 5.41) is 2.75. The lowest BCUT2D eigenvalue weighted by Gasteiger charge is -2.08. The third-order valence-corrected chi connectivity index (χ3v) is 2.57. The zero-order valence-corrected chi connectivity index (χ0v) is 10.2. The first-order valence-electron chi connectivity index (χ1n) is 5.77. The van der Waals surface area contributed by atoms with Gasteiger partial charge in [-0.15, -0.1) is 0 Å². The van der Waals surface area contributed by atoms with Gasteiger partial charge in [0.15, 0.2) is 11.5 Å². The van der Waals surface area contributed by atoms with E-state index in [1.165, 1.54) is 6.08 Å². The maximum atomic E-state index is 11.5. The molecule has 1 aliphatic rings. The minimum absolute atomic E-state index is 0.0288. The normalized spacial score (nSPS) is 14.8. The summed E-state index contributed by atoms with van der Waals surface area (Å²) >= 11 is 0. The van der Waals surface area contributed by atoms with Crippen LogP contribution in [0.2, 0.25) is 0 Å². The zero-order chi connectivity index (χ0) is 13.0. The number of ether oxygens (including phenoxy) is 2. The maximum absolute atomic E-state index is 11.5. The van der Waals surface area contributed by atoms with Crippen molar-refractivity contribution in [2.45, 2.75) is 13.0 Å². The SMILES string of the molecule is CC(CN)NC(=O)C=Cc1ccc2c(c1)OCO2. The van der Waals surface area contributed by atoms with Crippen LogP contribution in [0.1, 0.15) is 12.5 Å². The Balaban J connectivity index is 1.98. The first kappa shape index (κ1) is 12.4. The second kappa shape index (κ2) is 5.55. The molecule has 0 saturated carbocycles. The smallest absolute Gasteiger partial charge is 0.244 e. The number of fused-ring (bicyclic) bond motifs is 1. The lowest BCUT2D eigenvalue weighted by Crippen LogP contribution is -2.36. The summed E-state index contributed by atoms with van der Waals surface area (Å²) in [6, 6.07) is 5.49. The first-order valence-corrected chi connectivity index (χ1v) is 5.77. The Morgan fingerprint density at radius 2 is 2.28 bits per heavy atom. The molecule has 5 heteroatoms. The second-order valence-corrected chi connectivity index (χ2v) is 4.09. The largest absolute Gasteiger partial charge is 0.454 e. The fourth-order valence-corrected chi connectivity index (χ4v) is 1.54. The van der Waals surface area contributed by atoms with Crippen molar-refractivity contribution in [1.82, 2.24) is 5.32 Å². The van der Waals surface area contributed by atoms with Crippen molar-refractivity contribution >= 4 is 12.0 Å². The monoisotopic (exact) mass is 248 g/mol. The molecule has 18 heavy (non-hydrogen) atoms. The molecule has 0 aromatic heterocycles. The van der Waals surface area contributed by atoms with Crippen LogP contribution in [-0.2, 0) is 4.79 Å². The molecular weight excluding hydrogens is 232 g/mol. The van der Waals surface area contributed by atoms with E-state index in [9.17, 15) is 4.79 Å². The number of hydrogen-bond donors (Lipinski definition) is 2. The molecule has 1 amide bonds. The van der Waals surface area contributed by atoms with Crippen molar-refractivity contribution in [2.75, 3.05) is 13.3 Å². The van der Waals surface area contributed by atoms with Crippen LogP contribution in [0.25, 0.3) is 6.08 Å². The molecule has 0 spiro atoms. The number of nitrogens with two attached hydrogens (primary N) is 1. The number of carbonyl (C=O) groups excluding carboxylic acids is 1. The lowest BCUT2D eigenvalue weighted by atomic mass is 10.2. The van der Waals surface area contributed by atoms with Gasteiger partial charge in [0.2, 0.25) is 12.7 Å². The van der Waals surface area contributed by atoms with Crippen molar-refractivity contribution in [1.29, 1.82) is 0 Å². The molecule has 1 aromatic rings. The van der Waals surface area contributed by atoms with Crippen LogP contribution in [0.15, 0.2) is 24.3 Å². The second-order valence-electron chi connectivity index (χ2n) is 4.09. The number of hydrogen-bond acceptors (Lipinski definition) is 4. The van der Waals surface area contributed by atoms with Gasteiger partial charge in [0.1, 0.15) is 0 Å². The Labute approximate surface area is 106 Å². The first-order chi connectivity index (χ1) is 8.69. The molecule has 0 saturated heterocycles. The van der Waals surface area contributed by atoms with Crippen molar-refractivity contribution in [3.05, 3.63) is 29.8 Å². The minimum Gasteiger partial charge on any atom is -0.454 e. The molecule has 3 N–H and O–H groups in total. The molecule has 1 aliphatic heterocycles. The molecule has 0 aliphatic carbocycles. The molecule has 0 fully saturated rings. The molecule has 0 radical (unpaired) electrons. The van der Waals surface area contributed by atoms with Gasteiger partial charge in [-0.25, -0.2) is 0 Å². The zero-order valence-electron chi connectivity index (χ0n) is 10.2. The maximum Gasteiger partial charge on any atom is 0.244 e. The van der Waals surface area contributed by atoms with E-state index in [2.05, 4.69) is 5.32 Å². The molecule has 2 rings (SSSR count). The highest BCUT2D eigenvalue weighted by Crippen LogP contribution is 2.32.